The Morgan fingerprint density at radius 3 is 2.05 bits per heavy atom. The molecule has 1 heterocycles. The highest BCUT2D eigenvalue weighted by molar-refractivity contribution is 5.95. The number of nitrogens with one attached hydrogen (secondary N) is 4. The zero-order valence-corrected chi connectivity index (χ0v) is 26.9. The zero-order chi connectivity index (χ0) is 32.5. The molecule has 1 aliphatic heterocycles. The van der Waals surface area contributed by atoms with Crippen molar-refractivity contribution in [3.63, 3.8) is 0 Å². The molecular weight excluding hydrogens is 554 g/mol. The number of nitrogens with zero attached hydrogens (tertiary/aromatic N) is 1. The van der Waals surface area contributed by atoms with Crippen LogP contribution < -0.4 is 26.0 Å². The van der Waals surface area contributed by atoms with Gasteiger partial charge >= 0.3 is 0 Å². The number of amides is 5. The van der Waals surface area contributed by atoms with Gasteiger partial charge in [-0.2, -0.15) is 0 Å². The van der Waals surface area contributed by atoms with Crippen LogP contribution in [0.2, 0.25) is 0 Å². The van der Waals surface area contributed by atoms with Crippen LogP contribution in [-0.4, -0.2) is 91.5 Å². The van der Waals surface area contributed by atoms with Crippen molar-refractivity contribution in [3.05, 3.63) is 29.8 Å². The largest absolute Gasteiger partial charge is 0.497 e. The second-order valence-electron chi connectivity index (χ2n) is 12.4. The Balaban J connectivity index is 2.51. The number of carbonyl (C=O) groups is 5. The highest BCUT2D eigenvalue weighted by Gasteiger charge is 2.37. The lowest BCUT2D eigenvalue weighted by Gasteiger charge is -2.35. The van der Waals surface area contributed by atoms with Crippen LogP contribution in [0.4, 0.5) is 0 Å². The van der Waals surface area contributed by atoms with Gasteiger partial charge in [0.25, 0.3) is 5.91 Å². The summed E-state index contributed by atoms with van der Waals surface area (Å²) < 4.78 is 10.6. The fourth-order valence-electron chi connectivity index (χ4n) is 4.63. The van der Waals surface area contributed by atoms with Gasteiger partial charge in [-0.1, -0.05) is 39.8 Å². The molecule has 0 spiro atoms. The van der Waals surface area contributed by atoms with Crippen molar-refractivity contribution in [1.29, 1.82) is 0 Å². The first-order valence-corrected chi connectivity index (χ1v) is 14.8. The fraction of sp³-hybridized carbons (Fsp3) is 0.645. The third-order valence-electron chi connectivity index (χ3n) is 7.54. The van der Waals surface area contributed by atoms with E-state index < -0.39 is 59.3 Å². The molecule has 0 bridgehead atoms. The molecule has 1 aromatic rings. The van der Waals surface area contributed by atoms with Crippen LogP contribution in [0.25, 0.3) is 0 Å². The first-order chi connectivity index (χ1) is 20.1. The van der Waals surface area contributed by atoms with Crippen LogP contribution >= 0.6 is 0 Å². The Morgan fingerprint density at radius 1 is 0.907 bits per heavy atom. The molecule has 12 heteroatoms. The monoisotopic (exact) mass is 603 g/mol. The molecule has 1 aliphatic rings. The Kier molecular flexibility index (Phi) is 13.0. The normalized spacial score (nSPS) is 23.1. The van der Waals surface area contributed by atoms with Crippen LogP contribution in [0.15, 0.2) is 24.3 Å². The van der Waals surface area contributed by atoms with Crippen molar-refractivity contribution in [2.45, 2.75) is 91.1 Å². The van der Waals surface area contributed by atoms with E-state index in [1.807, 2.05) is 27.7 Å². The Bertz CT molecular complexity index is 1140. The van der Waals surface area contributed by atoms with Crippen molar-refractivity contribution in [3.8, 4) is 5.75 Å². The van der Waals surface area contributed by atoms with Crippen LogP contribution in [0, 0.1) is 11.8 Å². The molecular formula is C31H49N5O7. The minimum absolute atomic E-state index is 0.0181. The van der Waals surface area contributed by atoms with E-state index in [-0.39, 0.29) is 31.3 Å². The zero-order valence-electron chi connectivity index (χ0n) is 26.9. The van der Waals surface area contributed by atoms with Gasteiger partial charge in [-0.15, -0.1) is 0 Å². The van der Waals surface area contributed by atoms with Gasteiger partial charge in [-0.05, 0) is 56.7 Å². The van der Waals surface area contributed by atoms with E-state index in [9.17, 15) is 24.0 Å². The third kappa shape index (κ3) is 10.5. The molecule has 240 valence electrons. The van der Waals surface area contributed by atoms with Crippen molar-refractivity contribution in [2.75, 3.05) is 27.3 Å². The highest BCUT2D eigenvalue weighted by atomic mass is 16.5. The van der Waals surface area contributed by atoms with Crippen molar-refractivity contribution >= 4 is 29.5 Å². The van der Waals surface area contributed by atoms with Crippen LogP contribution in [-0.2, 0) is 35.1 Å². The van der Waals surface area contributed by atoms with Gasteiger partial charge in [-0.3, -0.25) is 24.0 Å². The number of ether oxygens (including phenoxy) is 2. The fourth-order valence-corrected chi connectivity index (χ4v) is 4.63. The SMILES string of the molecule is COc1ccc(C[C@@H]2NC(=O)[C@H](CC(C)C)NC(=O)CN(C(=O)C(C)(C)OC)C[C@H](C(C)C)NC(=O)[C@@H](C)NC2=O)cc1. The lowest BCUT2D eigenvalue weighted by Crippen LogP contribution is -2.57. The third-order valence-corrected chi connectivity index (χ3v) is 7.54. The van der Waals surface area contributed by atoms with E-state index in [4.69, 9.17) is 9.47 Å². The maximum atomic E-state index is 13.6. The molecule has 0 aromatic heterocycles. The highest BCUT2D eigenvalue weighted by Crippen LogP contribution is 2.16. The van der Waals surface area contributed by atoms with E-state index in [0.29, 0.717) is 12.2 Å². The van der Waals surface area contributed by atoms with Crippen LogP contribution in [0.5, 0.6) is 5.75 Å². The molecule has 0 aliphatic carbocycles. The minimum atomic E-state index is -1.24. The average molecular weight is 604 g/mol. The van der Waals surface area contributed by atoms with E-state index in [1.165, 1.54) is 12.0 Å². The number of rotatable bonds is 8. The summed E-state index contributed by atoms with van der Waals surface area (Å²) in [7, 11) is 2.96. The molecule has 43 heavy (non-hydrogen) atoms. The van der Waals surface area contributed by atoms with Gasteiger partial charge in [-0.25, -0.2) is 0 Å². The molecule has 1 fully saturated rings. The standard InChI is InChI=1S/C31H49N5O7/c1-18(2)14-23-29(40)34-24(15-21-10-12-22(42-8)13-11-21)28(39)32-20(5)27(38)35-25(19(3)4)16-36(17-26(37)33-23)30(41)31(6,7)43-9/h10-13,18-20,23-25H,14-17H2,1-9H3,(H,32,39)(H,33,37)(H,34,40)(H,35,38)/t20-,23+,24+,25-/m1/s1. The molecule has 4 N–H and O–H groups in total. The van der Waals surface area contributed by atoms with Crippen molar-refractivity contribution in [1.82, 2.24) is 26.2 Å². The number of benzene rings is 1. The summed E-state index contributed by atoms with van der Waals surface area (Å²) in [4.78, 5) is 68.5. The summed E-state index contributed by atoms with van der Waals surface area (Å²) in [6.45, 7) is 12.0. The molecule has 1 aromatic carbocycles. The number of methoxy groups -OCH3 is 2. The molecule has 5 amide bonds. The maximum Gasteiger partial charge on any atom is 0.254 e. The van der Waals surface area contributed by atoms with E-state index in [0.717, 1.165) is 5.56 Å². The van der Waals surface area contributed by atoms with Gasteiger partial charge < -0.3 is 35.6 Å². The summed E-state index contributed by atoms with van der Waals surface area (Å²) >= 11 is 0. The van der Waals surface area contributed by atoms with Crippen molar-refractivity contribution < 1.29 is 33.4 Å². The predicted octanol–water partition coefficient (Wildman–Crippen LogP) is 1.17. The molecule has 0 saturated carbocycles. The lowest BCUT2D eigenvalue weighted by molar-refractivity contribution is -0.153. The Morgan fingerprint density at radius 2 is 1.51 bits per heavy atom. The first kappa shape index (κ1) is 35.5. The first-order valence-electron chi connectivity index (χ1n) is 14.8. The smallest absolute Gasteiger partial charge is 0.254 e. The average Bonchev–Trinajstić information content (AvgIpc) is 2.94. The topological polar surface area (TPSA) is 155 Å². The quantitative estimate of drug-likeness (QED) is 0.348. The molecule has 2 rings (SSSR count). The van der Waals surface area contributed by atoms with Crippen molar-refractivity contribution in [2.24, 2.45) is 11.8 Å². The maximum absolute atomic E-state index is 13.6. The minimum Gasteiger partial charge on any atom is -0.497 e. The molecule has 0 radical (unpaired) electrons. The molecule has 4 atom stereocenters. The van der Waals surface area contributed by atoms with E-state index in [2.05, 4.69) is 21.3 Å². The van der Waals surface area contributed by atoms with Crippen LogP contribution in [0.3, 0.4) is 0 Å². The molecule has 1 saturated heterocycles. The van der Waals surface area contributed by atoms with Gasteiger partial charge in [0.05, 0.1) is 13.7 Å². The van der Waals surface area contributed by atoms with Gasteiger partial charge in [0.2, 0.25) is 23.6 Å². The van der Waals surface area contributed by atoms with Crippen LogP contribution in [0.1, 0.15) is 60.5 Å². The number of hydrogen-bond acceptors (Lipinski definition) is 7. The van der Waals surface area contributed by atoms with Gasteiger partial charge in [0.1, 0.15) is 29.5 Å². The second kappa shape index (κ2) is 15.7. The summed E-state index contributed by atoms with van der Waals surface area (Å²) in [5, 5.41) is 11.2. The molecule has 12 nitrogen and oxygen atoms in total. The second-order valence-corrected chi connectivity index (χ2v) is 12.4. The van der Waals surface area contributed by atoms with Gasteiger partial charge in [0, 0.05) is 26.1 Å². The summed E-state index contributed by atoms with van der Waals surface area (Å²) in [6.07, 6.45) is 0.443. The molecule has 0 unspecified atom stereocenters. The van der Waals surface area contributed by atoms with E-state index >= 15 is 0 Å². The predicted molar refractivity (Wildman–Crippen MR) is 162 cm³/mol. The summed E-state index contributed by atoms with van der Waals surface area (Å²) in [5.74, 6) is -1.98. The van der Waals surface area contributed by atoms with E-state index in [1.54, 1.807) is 52.1 Å². The van der Waals surface area contributed by atoms with Gasteiger partial charge in [0.15, 0.2) is 0 Å². The summed E-state index contributed by atoms with van der Waals surface area (Å²) in [6, 6.07) is 3.61. The lowest BCUT2D eigenvalue weighted by atomic mass is 10.0. The summed E-state index contributed by atoms with van der Waals surface area (Å²) in [5.41, 5.74) is -0.477. The Labute approximate surface area is 255 Å². The number of carbonyl (C=O) groups excluding carboxylic acids is 5. The Hall–Kier alpha value is -3.67. The number of hydrogen-bond donors (Lipinski definition) is 4.